The van der Waals surface area contributed by atoms with Crippen molar-refractivity contribution in [3.8, 4) is 16.9 Å². The zero-order chi connectivity index (χ0) is 22.4. The Hall–Kier alpha value is -3.61. The van der Waals surface area contributed by atoms with Crippen LogP contribution in [0.15, 0.2) is 72.8 Å². The largest absolute Gasteiger partial charge is 0.490 e. The molecule has 3 rings (SSSR count). The Labute approximate surface area is 176 Å². The molecule has 0 radical (unpaired) electrons. The van der Waals surface area contributed by atoms with Crippen LogP contribution in [-0.2, 0) is 17.4 Å². The van der Waals surface area contributed by atoms with E-state index in [2.05, 4.69) is 0 Å². The topological polar surface area (TPSA) is 46.5 Å². The molecular weight excluding hydrogens is 412 g/mol. The third-order valence-electron chi connectivity index (χ3n) is 4.42. The van der Waals surface area contributed by atoms with Crippen molar-refractivity contribution < 1.29 is 32.2 Å². The number of halogens is 4. The summed E-state index contributed by atoms with van der Waals surface area (Å²) in [6.45, 7) is 0.0863. The van der Waals surface area contributed by atoms with Gasteiger partial charge in [0.2, 0.25) is 0 Å². The molecule has 160 valence electrons. The molecule has 0 aliphatic rings. The number of benzene rings is 3. The summed E-state index contributed by atoms with van der Waals surface area (Å²) in [6.07, 6.45) is -1.81. The average Bonchev–Trinajstić information content (AvgIpc) is 2.71. The van der Waals surface area contributed by atoms with Crippen LogP contribution in [0.3, 0.4) is 0 Å². The Morgan fingerprint density at radius 2 is 1.68 bits per heavy atom. The zero-order valence-electron chi connectivity index (χ0n) is 16.2. The molecule has 3 aromatic rings. The van der Waals surface area contributed by atoms with Gasteiger partial charge in [-0.05, 0) is 47.0 Å². The van der Waals surface area contributed by atoms with Crippen LogP contribution in [0.1, 0.15) is 16.7 Å². The van der Waals surface area contributed by atoms with Crippen molar-refractivity contribution in [2.45, 2.75) is 12.6 Å². The molecule has 1 N–H and O–H groups in total. The highest BCUT2D eigenvalue weighted by Gasteiger charge is 2.30. The van der Waals surface area contributed by atoms with E-state index in [1.54, 1.807) is 36.4 Å². The zero-order valence-corrected chi connectivity index (χ0v) is 16.2. The summed E-state index contributed by atoms with van der Waals surface area (Å²) in [4.78, 5) is 10.9. The molecule has 7 heteroatoms. The first-order valence-electron chi connectivity index (χ1n) is 9.29. The summed E-state index contributed by atoms with van der Waals surface area (Å²) in [5.74, 6) is -1.33. The maximum Gasteiger partial charge on any atom is 0.416 e. The lowest BCUT2D eigenvalue weighted by Crippen LogP contribution is -2.05. The smallest absolute Gasteiger partial charge is 0.416 e. The maximum absolute atomic E-state index is 13.9. The van der Waals surface area contributed by atoms with Crippen molar-refractivity contribution in [2.24, 2.45) is 0 Å². The summed E-state index contributed by atoms with van der Waals surface area (Å²) in [7, 11) is 0. The van der Waals surface area contributed by atoms with Crippen LogP contribution in [-0.4, -0.2) is 17.7 Å². The highest BCUT2D eigenvalue weighted by Crippen LogP contribution is 2.30. The van der Waals surface area contributed by atoms with Crippen molar-refractivity contribution in [1.82, 2.24) is 0 Å². The van der Waals surface area contributed by atoms with Crippen LogP contribution >= 0.6 is 0 Å². The highest BCUT2D eigenvalue weighted by molar-refractivity contribution is 5.72. The van der Waals surface area contributed by atoms with Gasteiger partial charge >= 0.3 is 12.1 Å². The normalized spacial score (nSPS) is 11.6. The second-order valence-electron chi connectivity index (χ2n) is 6.75. The van der Waals surface area contributed by atoms with E-state index in [9.17, 15) is 22.4 Å². The molecule has 0 spiro atoms. The molecule has 0 aromatic heterocycles. The first kappa shape index (κ1) is 22.1. The molecule has 0 saturated heterocycles. The second kappa shape index (κ2) is 9.47. The number of alkyl halides is 3. The van der Waals surface area contributed by atoms with Crippen molar-refractivity contribution in [2.75, 3.05) is 6.61 Å². The van der Waals surface area contributed by atoms with Gasteiger partial charge in [0.1, 0.15) is 18.2 Å². The van der Waals surface area contributed by atoms with Gasteiger partial charge in [-0.2, -0.15) is 13.2 Å². The Kier molecular flexibility index (Phi) is 6.74. The maximum atomic E-state index is 13.9. The lowest BCUT2D eigenvalue weighted by atomic mass is 10.0. The van der Waals surface area contributed by atoms with Crippen molar-refractivity contribution in [1.29, 1.82) is 0 Å². The number of aliphatic carboxylic acids is 1. The first-order valence-corrected chi connectivity index (χ1v) is 9.29. The monoisotopic (exact) mass is 430 g/mol. The highest BCUT2D eigenvalue weighted by atomic mass is 19.4. The number of hydrogen-bond donors (Lipinski definition) is 1. The van der Waals surface area contributed by atoms with Gasteiger partial charge in [-0.25, -0.2) is 4.39 Å². The van der Waals surface area contributed by atoms with Crippen molar-refractivity contribution >= 4 is 12.0 Å². The molecule has 0 unspecified atom stereocenters. The Bertz CT molecular complexity index is 1100. The predicted molar refractivity (Wildman–Crippen MR) is 109 cm³/mol. The SMILES string of the molecule is O=C(O)Cc1cccc(-c2cccc(OCC=Cc3ccc(C(F)(F)F)cc3F)c2)c1. The number of ether oxygens (including phenoxy) is 1. The number of rotatable bonds is 7. The van der Waals surface area contributed by atoms with Crippen LogP contribution in [0.2, 0.25) is 0 Å². The summed E-state index contributed by atoms with van der Waals surface area (Å²) >= 11 is 0. The standard InChI is InChI=1S/C24H18F4O3/c25-22-15-20(24(26,27)28)10-9-17(22)7-3-11-31-21-8-2-6-19(14-21)18-5-1-4-16(12-18)13-23(29)30/h1-10,12,14-15H,11,13H2,(H,29,30). The molecule has 0 aliphatic carbocycles. The van der Waals surface area contributed by atoms with Crippen LogP contribution in [0.4, 0.5) is 17.6 Å². The fourth-order valence-corrected chi connectivity index (χ4v) is 2.96. The number of hydrogen-bond acceptors (Lipinski definition) is 2. The Morgan fingerprint density at radius 1 is 0.968 bits per heavy atom. The molecule has 3 aromatic carbocycles. The lowest BCUT2D eigenvalue weighted by Gasteiger charge is -2.08. The van der Waals surface area contributed by atoms with Crippen LogP contribution < -0.4 is 4.74 Å². The Morgan fingerprint density at radius 3 is 2.35 bits per heavy atom. The van der Waals surface area contributed by atoms with E-state index in [1.807, 2.05) is 12.1 Å². The van der Waals surface area contributed by atoms with E-state index >= 15 is 0 Å². The molecule has 0 atom stereocenters. The minimum atomic E-state index is -4.59. The number of carboxylic acids is 1. The molecule has 0 aliphatic heterocycles. The first-order chi connectivity index (χ1) is 14.7. The van der Waals surface area contributed by atoms with Crippen LogP contribution in [0, 0.1) is 5.82 Å². The van der Waals surface area contributed by atoms with Gasteiger partial charge in [0.15, 0.2) is 0 Å². The van der Waals surface area contributed by atoms with Gasteiger partial charge in [-0.15, -0.1) is 0 Å². The fraction of sp³-hybridized carbons (Fsp3) is 0.125. The van der Waals surface area contributed by atoms with E-state index in [-0.39, 0.29) is 18.6 Å². The van der Waals surface area contributed by atoms with Gasteiger partial charge in [0.05, 0.1) is 12.0 Å². The van der Waals surface area contributed by atoms with E-state index in [1.165, 1.54) is 12.2 Å². The summed E-state index contributed by atoms with van der Waals surface area (Å²) < 4.78 is 57.3. The van der Waals surface area contributed by atoms with Crippen LogP contribution in [0.25, 0.3) is 17.2 Å². The summed E-state index contributed by atoms with van der Waals surface area (Å²) in [6, 6.07) is 16.7. The average molecular weight is 430 g/mol. The molecule has 0 amide bonds. The third-order valence-corrected chi connectivity index (χ3v) is 4.42. The molecule has 0 heterocycles. The molecule has 0 fully saturated rings. The van der Waals surface area contributed by atoms with Gasteiger partial charge in [0.25, 0.3) is 0 Å². The number of carbonyl (C=O) groups is 1. The fourth-order valence-electron chi connectivity index (χ4n) is 2.96. The quantitative estimate of drug-likeness (QED) is 0.452. The van der Waals surface area contributed by atoms with E-state index in [0.717, 1.165) is 23.3 Å². The van der Waals surface area contributed by atoms with Crippen molar-refractivity contribution in [3.63, 3.8) is 0 Å². The third kappa shape index (κ3) is 6.18. The van der Waals surface area contributed by atoms with Crippen molar-refractivity contribution in [3.05, 3.63) is 95.3 Å². The predicted octanol–water partition coefficient (Wildman–Crippen LogP) is 6.23. The minimum absolute atomic E-state index is 0.0283. The van der Waals surface area contributed by atoms with Gasteiger partial charge in [-0.1, -0.05) is 48.5 Å². The van der Waals surface area contributed by atoms with E-state index in [0.29, 0.717) is 17.4 Å². The molecule has 0 bridgehead atoms. The summed E-state index contributed by atoms with van der Waals surface area (Å²) in [5, 5.41) is 8.94. The van der Waals surface area contributed by atoms with Crippen LogP contribution in [0.5, 0.6) is 5.75 Å². The van der Waals surface area contributed by atoms with Gasteiger partial charge in [-0.3, -0.25) is 4.79 Å². The summed E-state index contributed by atoms with van der Waals surface area (Å²) in [5.41, 5.74) is 1.34. The molecule has 0 saturated carbocycles. The van der Waals surface area contributed by atoms with Gasteiger partial charge < -0.3 is 9.84 Å². The molecule has 31 heavy (non-hydrogen) atoms. The minimum Gasteiger partial charge on any atom is -0.490 e. The molecular formula is C24H18F4O3. The Balaban J connectivity index is 1.65. The molecule has 3 nitrogen and oxygen atoms in total. The lowest BCUT2D eigenvalue weighted by molar-refractivity contribution is -0.138. The number of carboxylic acid groups (broad SMARTS) is 1. The van der Waals surface area contributed by atoms with E-state index in [4.69, 9.17) is 9.84 Å². The van der Waals surface area contributed by atoms with Gasteiger partial charge in [0, 0.05) is 5.56 Å². The van der Waals surface area contributed by atoms with E-state index < -0.39 is 23.5 Å². The second-order valence-corrected chi connectivity index (χ2v) is 6.75.